The normalized spacial score (nSPS) is 14.1. The van der Waals surface area contributed by atoms with E-state index in [1.165, 1.54) is 5.56 Å². The second-order valence-electron chi connectivity index (χ2n) is 4.36. The molecule has 18 heavy (non-hydrogen) atoms. The van der Waals surface area contributed by atoms with Crippen molar-refractivity contribution in [3.8, 4) is 0 Å². The molecule has 0 aliphatic carbocycles. The molecule has 2 rings (SSSR count). The molecule has 94 valence electrons. The third-order valence-electron chi connectivity index (χ3n) is 3.27. The summed E-state index contributed by atoms with van der Waals surface area (Å²) in [6.07, 6.45) is 0.586. The van der Waals surface area contributed by atoms with Crippen molar-refractivity contribution in [1.29, 1.82) is 0 Å². The van der Waals surface area contributed by atoms with Crippen molar-refractivity contribution >= 4 is 0 Å². The Morgan fingerprint density at radius 2 is 1.39 bits per heavy atom. The average molecular weight is 242 g/mol. The summed E-state index contributed by atoms with van der Waals surface area (Å²) in [6, 6.07) is 20.0. The van der Waals surface area contributed by atoms with Crippen LogP contribution in [0.5, 0.6) is 0 Å². The molecule has 2 nitrogen and oxygen atoms in total. The lowest BCUT2D eigenvalue weighted by atomic mass is 9.87. The van der Waals surface area contributed by atoms with Crippen molar-refractivity contribution in [3.05, 3.63) is 71.8 Å². The Balaban J connectivity index is 2.31. The van der Waals surface area contributed by atoms with Gasteiger partial charge in [-0.1, -0.05) is 67.6 Å². The van der Waals surface area contributed by atoms with E-state index in [-0.39, 0.29) is 12.0 Å². The zero-order valence-electron chi connectivity index (χ0n) is 10.5. The Labute approximate surface area is 108 Å². The Morgan fingerprint density at radius 3 is 1.83 bits per heavy atom. The van der Waals surface area contributed by atoms with Gasteiger partial charge in [0.2, 0.25) is 0 Å². The van der Waals surface area contributed by atoms with Crippen LogP contribution in [0.3, 0.4) is 0 Å². The second kappa shape index (κ2) is 6.34. The Kier molecular flexibility index (Phi) is 4.51. The minimum absolute atomic E-state index is 0.151. The van der Waals surface area contributed by atoms with E-state index in [2.05, 4.69) is 19.1 Å². The number of benzene rings is 2. The lowest BCUT2D eigenvalue weighted by molar-refractivity contribution is -0.287. The van der Waals surface area contributed by atoms with Crippen LogP contribution in [0.4, 0.5) is 0 Å². The predicted octanol–water partition coefficient (Wildman–Crippen LogP) is 4.41. The second-order valence-corrected chi connectivity index (χ2v) is 4.36. The standard InChI is InChI=1S/C16H18O2/c1-2-15(13-9-5-3-6-10-13)16(18-17)14-11-7-4-8-12-14/h3-12,15-17H,2H2,1H3. The van der Waals surface area contributed by atoms with Gasteiger partial charge in [-0.05, 0) is 17.5 Å². The minimum Gasteiger partial charge on any atom is -0.251 e. The highest BCUT2D eigenvalue weighted by Gasteiger charge is 2.24. The van der Waals surface area contributed by atoms with Crippen molar-refractivity contribution in [2.75, 3.05) is 0 Å². The van der Waals surface area contributed by atoms with Crippen LogP contribution in [0.15, 0.2) is 60.7 Å². The maximum Gasteiger partial charge on any atom is 0.124 e. The average Bonchev–Trinajstić information content (AvgIpc) is 2.46. The maximum atomic E-state index is 9.24. The van der Waals surface area contributed by atoms with Crippen molar-refractivity contribution in [2.45, 2.75) is 25.4 Å². The van der Waals surface area contributed by atoms with Crippen LogP contribution in [-0.4, -0.2) is 5.26 Å². The number of rotatable bonds is 5. The highest BCUT2D eigenvalue weighted by molar-refractivity contribution is 5.26. The van der Waals surface area contributed by atoms with Gasteiger partial charge in [0, 0.05) is 5.92 Å². The van der Waals surface area contributed by atoms with E-state index < -0.39 is 0 Å². The van der Waals surface area contributed by atoms with E-state index in [9.17, 15) is 5.26 Å². The summed E-state index contributed by atoms with van der Waals surface area (Å²) in [7, 11) is 0. The van der Waals surface area contributed by atoms with Crippen molar-refractivity contribution in [3.63, 3.8) is 0 Å². The molecule has 2 unspecified atom stereocenters. The van der Waals surface area contributed by atoms with Crippen LogP contribution in [-0.2, 0) is 4.89 Å². The fourth-order valence-electron chi connectivity index (χ4n) is 2.33. The SMILES string of the molecule is CCC(c1ccccc1)C(OO)c1ccccc1. The Morgan fingerprint density at radius 1 is 0.889 bits per heavy atom. The summed E-state index contributed by atoms with van der Waals surface area (Å²) >= 11 is 0. The molecular formula is C16H18O2. The first-order valence-electron chi connectivity index (χ1n) is 6.27. The van der Waals surface area contributed by atoms with Gasteiger partial charge < -0.3 is 0 Å². The number of hydrogen-bond donors (Lipinski definition) is 1. The summed E-state index contributed by atoms with van der Waals surface area (Å²) < 4.78 is 0. The zero-order valence-corrected chi connectivity index (χ0v) is 10.5. The molecule has 0 aliphatic heterocycles. The van der Waals surface area contributed by atoms with Gasteiger partial charge in [0.15, 0.2) is 0 Å². The molecular weight excluding hydrogens is 224 g/mol. The van der Waals surface area contributed by atoms with Crippen LogP contribution in [0, 0.1) is 0 Å². The van der Waals surface area contributed by atoms with Gasteiger partial charge in [0.05, 0.1) is 0 Å². The van der Waals surface area contributed by atoms with Gasteiger partial charge in [0.25, 0.3) is 0 Å². The molecule has 0 heterocycles. The quantitative estimate of drug-likeness (QED) is 0.621. The summed E-state index contributed by atoms with van der Waals surface area (Å²) in [5, 5.41) is 9.24. The van der Waals surface area contributed by atoms with Crippen LogP contribution in [0.25, 0.3) is 0 Å². The Bertz CT molecular complexity index is 408. The van der Waals surface area contributed by atoms with Crippen molar-refractivity contribution in [2.24, 2.45) is 0 Å². The lowest BCUT2D eigenvalue weighted by Gasteiger charge is -2.24. The summed E-state index contributed by atoms with van der Waals surface area (Å²) in [4.78, 5) is 4.74. The van der Waals surface area contributed by atoms with Crippen LogP contribution in [0.1, 0.15) is 36.5 Å². The summed E-state index contributed by atoms with van der Waals surface area (Å²) in [5.74, 6) is 0.151. The first kappa shape index (κ1) is 12.8. The topological polar surface area (TPSA) is 29.5 Å². The predicted molar refractivity (Wildman–Crippen MR) is 72.4 cm³/mol. The summed E-state index contributed by atoms with van der Waals surface area (Å²) in [6.45, 7) is 2.10. The molecule has 0 fully saturated rings. The molecule has 0 radical (unpaired) electrons. The molecule has 0 aliphatic rings. The first-order valence-corrected chi connectivity index (χ1v) is 6.27. The molecule has 0 saturated heterocycles. The molecule has 0 bridgehead atoms. The smallest absolute Gasteiger partial charge is 0.124 e. The van der Waals surface area contributed by atoms with Gasteiger partial charge in [-0.25, -0.2) is 4.89 Å². The molecule has 1 N–H and O–H groups in total. The molecule has 2 heteroatoms. The highest BCUT2D eigenvalue weighted by Crippen LogP contribution is 2.35. The van der Waals surface area contributed by atoms with Crippen LogP contribution >= 0.6 is 0 Å². The molecule has 0 spiro atoms. The van der Waals surface area contributed by atoms with E-state index in [1.807, 2.05) is 48.5 Å². The third-order valence-corrected chi connectivity index (χ3v) is 3.27. The molecule has 0 amide bonds. The Hall–Kier alpha value is -1.64. The molecule has 0 aromatic heterocycles. The maximum absolute atomic E-state index is 9.24. The molecule has 0 saturated carbocycles. The van der Waals surface area contributed by atoms with E-state index >= 15 is 0 Å². The van der Waals surface area contributed by atoms with Crippen molar-refractivity contribution < 1.29 is 10.1 Å². The van der Waals surface area contributed by atoms with E-state index in [1.54, 1.807) is 0 Å². The number of hydrogen-bond acceptors (Lipinski definition) is 2. The third kappa shape index (κ3) is 2.78. The molecule has 2 atom stereocenters. The zero-order chi connectivity index (χ0) is 12.8. The van der Waals surface area contributed by atoms with Crippen LogP contribution in [0.2, 0.25) is 0 Å². The largest absolute Gasteiger partial charge is 0.251 e. The van der Waals surface area contributed by atoms with Gasteiger partial charge in [-0.2, -0.15) is 0 Å². The summed E-state index contributed by atoms with van der Waals surface area (Å²) in [5.41, 5.74) is 2.18. The van der Waals surface area contributed by atoms with Gasteiger partial charge in [-0.15, -0.1) is 0 Å². The fraction of sp³-hybridized carbons (Fsp3) is 0.250. The van der Waals surface area contributed by atoms with E-state index in [0.29, 0.717) is 0 Å². The van der Waals surface area contributed by atoms with Gasteiger partial charge in [-0.3, -0.25) is 5.26 Å². The highest BCUT2D eigenvalue weighted by atomic mass is 17.1. The van der Waals surface area contributed by atoms with Gasteiger partial charge in [0.1, 0.15) is 6.10 Å². The molecule has 2 aromatic rings. The van der Waals surface area contributed by atoms with Gasteiger partial charge >= 0.3 is 0 Å². The minimum atomic E-state index is -0.321. The van der Waals surface area contributed by atoms with Crippen molar-refractivity contribution in [1.82, 2.24) is 0 Å². The lowest BCUT2D eigenvalue weighted by Crippen LogP contribution is -2.13. The van der Waals surface area contributed by atoms with E-state index in [0.717, 1.165) is 12.0 Å². The fourth-order valence-corrected chi connectivity index (χ4v) is 2.33. The monoisotopic (exact) mass is 242 g/mol. The first-order chi connectivity index (χ1) is 8.86. The van der Waals surface area contributed by atoms with E-state index in [4.69, 9.17) is 4.89 Å². The van der Waals surface area contributed by atoms with Crippen LogP contribution < -0.4 is 0 Å². The molecule has 2 aromatic carbocycles.